The summed E-state index contributed by atoms with van der Waals surface area (Å²) in [5, 5.41) is 9.57. The zero-order chi connectivity index (χ0) is 19.4. The maximum absolute atomic E-state index is 12.4. The number of carbonyl (C=O) groups is 4. The predicted octanol–water partition coefficient (Wildman–Crippen LogP) is 1.56. The number of Topliss-reactive ketones (excluding diaryl/α,β-unsaturated/α-hetero) is 2. The molecule has 8 nitrogen and oxygen atoms in total. The molecular formula is C18H20O8. The number of aliphatic carboxylic acids is 1. The third-order valence-electron chi connectivity index (χ3n) is 4.18. The molecule has 0 aliphatic carbocycles. The average Bonchev–Trinajstić information content (AvgIpc) is 3.00. The van der Waals surface area contributed by atoms with Crippen molar-refractivity contribution in [3.63, 3.8) is 0 Å². The molecule has 1 aliphatic heterocycles. The molecule has 0 radical (unpaired) electrons. The lowest BCUT2D eigenvalue weighted by Gasteiger charge is -2.28. The van der Waals surface area contributed by atoms with E-state index in [-0.39, 0.29) is 13.4 Å². The molecule has 0 saturated carbocycles. The fourth-order valence-electron chi connectivity index (χ4n) is 3.08. The van der Waals surface area contributed by atoms with Crippen molar-refractivity contribution in [1.82, 2.24) is 0 Å². The van der Waals surface area contributed by atoms with Gasteiger partial charge in [-0.3, -0.25) is 19.2 Å². The van der Waals surface area contributed by atoms with Gasteiger partial charge < -0.3 is 19.3 Å². The Morgan fingerprint density at radius 3 is 2.23 bits per heavy atom. The Morgan fingerprint density at radius 2 is 1.69 bits per heavy atom. The van der Waals surface area contributed by atoms with Crippen molar-refractivity contribution in [1.29, 1.82) is 0 Å². The second-order valence-corrected chi connectivity index (χ2v) is 5.91. The summed E-state index contributed by atoms with van der Waals surface area (Å²) < 4.78 is 15.5. The standard InChI is InChI=1S/C18H20O8/c1-4-24-18(23)15(10(3)20)16(14(9(2)19)17(21)22)11-5-6-12-13(7-11)26-8-25-12/h5-7,14-16H,4,8H2,1-3H3,(H,21,22). The van der Waals surface area contributed by atoms with Crippen LogP contribution in [0.5, 0.6) is 11.5 Å². The quantitative estimate of drug-likeness (QED) is 0.546. The summed E-state index contributed by atoms with van der Waals surface area (Å²) in [6, 6.07) is 4.55. The highest BCUT2D eigenvalue weighted by Gasteiger charge is 2.45. The van der Waals surface area contributed by atoms with E-state index in [0.29, 0.717) is 17.1 Å². The Hall–Kier alpha value is -2.90. The number of hydrogen-bond donors (Lipinski definition) is 1. The lowest BCUT2D eigenvalue weighted by molar-refractivity contribution is -0.155. The number of ketones is 2. The predicted molar refractivity (Wildman–Crippen MR) is 87.9 cm³/mol. The zero-order valence-corrected chi connectivity index (χ0v) is 14.7. The van der Waals surface area contributed by atoms with E-state index in [4.69, 9.17) is 14.2 Å². The Morgan fingerprint density at radius 1 is 1.08 bits per heavy atom. The summed E-state index contributed by atoms with van der Waals surface area (Å²) in [6.07, 6.45) is 0. The molecule has 1 aliphatic rings. The molecule has 0 aromatic heterocycles. The molecule has 2 rings (SSSR count). The fourth-order valence-corrected chi connectivity index (χ4v) is 3.08. The zero-order valence-electron chi connectivity index (χ0n) is 14.7. The van der Waals surface area contributed by atoms with E-state index in [9.17, 15) is 24.3 Å². The third kappa shape index (κ3) is 3.84. The number of ether oxygens (including phenoxy) is 3. The first-order valence-corrected chi connectivity index (χ1v) is 8.07. The monoisotopic (exact) mass is 364 g/mol. The molecule has 0 fully saturated rings. The minimum absolute atomic E-state index is 0.00648. The van der Waals surface area contributed by atoms with Crippen molar-refractivity contribution in [3.05, 3.63) is 23.8 Å². The van der Waals surface area contributed by atoms with E-state index in [0.717, 1.165) is 6.92 Å². The van der Waals surface area contributed by atoms with Crippen molar-refractivity contribution in [2.75, 3.05) is 13.4 Å². The van der Waals surface area contributed by atoms with Gasteiger partial charge in [-0.2, -0.15) is 0 Å². The molecule has 26 heavy (non-hydrogen) atoms. The highest BCUT2D eigenvalue weighted by atomic mass is 16.7. The summed E-state index contributed by atoms with van der Waals surface area (Å²) in [4.78, 5) is 48.4. The average molecular weight is 364 g/mol. The van der Waals surface area contributed by atoms with Gasteiger partial charge in [-0.05, 0) is 38.5 Å². The number of carbonyl (C=O) groups excluding carboxylic acids is 3. The fraction of sp³-hybridized carbons (Fsp3) is 0.444. The van der Waals surface area contributed by atoms with Gasteiger partial charge in [0.25, 0.3) is 0 Å². The first-order valence-electron chi connectivity index (χ1n) is 8.07. The molecule has 0 spiro atoms. The minimum atomic E-state index is -1.59. The molecule has 1 aromatic carbocycles. The molecule has 0 saturated heterocycles. The SMILES string of the molecule is CCOC(=O)C(C(C)=O)C(c1ccc2c(c1)OCO2)C(C(C)=O)C(=O)O. The van der Waals surface area contributed by atoms with Gasteiger partial charge in [-0.15, -0.1) is 0 Å². The second kappa shape index (κ2) is 7.99. The van der Waals surface area contributed by atoms with Crippen LogP contribution in [0.2, 0.25) is 0 Å². The topological polar surface area (TPSA) is 116 Å². The van der Waals surface area contributed by atoms with Crippen LogP contribution in [-0.4, -0.2) is 42.0 Å². The largest absolute Gasteiger partial charge is 0.481 e. The maximum Gasteiger partial charge on any atom is 0.317 e. The number of fused-ring (bicyclic) bond motifs is 1. The van der Waals surface area contributed by atoms with Crippen LogP contribution >= 0.6 is 0 Å². The van der Waals surface area contributed by atoms with Crippen LogP contribution in [0, 0.1) is 11.8 Å². The van der Waals surface area contributed by atoms with Gasteiger partial charge in [0.2, 0.25) is 6.79 Å². The van der Waals surface area contributed by atoms with Crippen molar-refractivity contribution in [2.24, 2.45) is 11.8 Å². The minimum Gasteiger partial charge on any atom is -0.481 e. The van der Waals surface area contributed by atoms with Gasteiger partial charge in [0.1, 0.15) is 23.4 Å². The van der Waals surface area contributed by atoms with Crippen molar-refractivity contribution >= 4 is 23.5 Å². The van der Waals surface area contributed by atoms with E-state index in [1.807, 2.05) is 0 Å². The van der Waals surface area contributed by atoms with Crippen molar-refractivity contribution in [2.45, 2.75) is 26.7 Å². The van der Waals surface area contributed by atoms with E-state index in [2.05, 4.69) is 0 Å². The Bertz CT molecular complexity index is 725. The number of rotatable bonds is 8. The van der Waals surface area contributed by atoms with Crippen molar-refractivity contribution < 1.29 is 38.5 Å². The molecule has 0 amide bonds. The number of hydrogen-bond acceptors (Lipinski definition) is 7. The number of carboxylic acids is 1. The van der Waals surface area contributed by atoms with Crippen LogP contribution in [0.15, 0.2) is 18.2 Å². The summed E-state index contributed by atoms with van der Waals surface area (Å²) in [5.74, 6) is -6.98. The molecule has 1 N–H and O–H groups in total. The maximum atomic E-state index is 12.4. The Balaban J connectivity index is 2.60. The lowest BCUT2D eigenvalue weighted by Crippen LogP contribution is -2.39. The first-order chi connectivity index (χ1) is 12.3. The van der Waals surface area contributed by atoms with Gasteiger partial charge in [-0.25, -0.2) is 0 Å². The highest BCUT2D eigenvalue weighted by Crippen LogP contribution is 2.40. The van der Waals surface area contributed by atoms with Crippen LogP contribution in [0.25, 0.3) is 0 Å². The molecular weight excluding hydrogens is 344 g/mol. The summed E-state index contributed by atoms with van der Waals surface area (Å²) in [7, 11) is 0. The first kappa shape index (κ1) is 19.4. The Labute approximate surface area is 150 Å². The van der Waals surface area contributed by atoms with Crippen LogP contribution in [0.1, 0.15) is 32.3 Å². The van der Waals surface area contributed by atoms with E-state index in [1.54, 1.807) is 13.0 Å². The van der Waals surface area contributed by atoms with E-state index >= 15 is 0 Å². The van der Waals surface area contributed by atoms with Crippen LogP contribution in [-0.2, 0) is 23.9 Å². The summed E-state index contributed by atoms with van der Waals surface area (Å²) in [6.45, 7) is 3.88. The molecule has 8 heteroatoms. The van der Waals surface area contributed by atoms with Gasteiger partial charge in [0.05, 0.1) is 6.61 Å². The van der Waals surface area contributed by atoms with Crippen LogP contribution in [0.3, 0.4) is 0 Å². The number of carboxylic acid groups (broad SMARTS) is 1. The smallest absolute Gasteiger partial charge is 0.317 e. The molecule has 1 heterocycles. The van der Waals surface area contributed by atoms with Gasteiger partial charge in [-0.1, -0.05) is 6.07 Å². The van der Waals surface area contributed by atoms with Crippen LogP contribution in [0.4, 0.5) is 0 Å². The van der Waals surface area contributed by atoms with E-state index in [1.165, 1.54) is 19.1 Å². The molecule has 3 unspecified atom stereocenters. The molecule has 0 bridgehead atoms. The van der Waals surface area contributed by atoms with Gasteiger partial charge in [0, 0.05) is 5.92 Å². The normalized spacial score (nSPS) is 15.7. The van der Waals surface area contributed by atoms with E-state index < -0.39 is 41.3 Å². The van der Waals surface area contributed by atoms with Gasteiger partial charge in [0.15, 0.2) is 11.5 Å². The molecule has 3 atom stereocenters. The number of esters is 1. The summed E-state index contributed by atoms with van der Waals surface area (Å²) >= 11 is 0. The van der Waals surface area contributed by atoms with Crippen molar-refractivity contribution in [3.8, 4) is 11.5 Å². The van der Waals surface area contributed by atoms with Gasteiger partial charge >= 0.3 is 11.9 Å². The lowest BCUT2D eigenvalue weighted by atomic mass is 9.73. The second-order valence-electron chi connectivity index (χ2n) is 5.91. The number of benzene rings is 1. The molecule has 140 valence electrons. The molecule has 1 aromatic rings. The van der Waals surface area contributed by atoms with Crippen LogP contribution < -0.4 is 9.47 Å². The third-order valence-corrected chi connectivity index (χ3v) is 4.18. The summed E-state index contributed by atoms with van der Waals surface area (Å²) in [5.41, 5.74) is 0.310. The highest BCUT2D eigenvalue weighted by molar-refractivity contribution is 6.03. The Kier molecular flexibility index (Phi) is 5.97.